The molecule has 0 nitrogen and oxygen atoms in total. The first-order valence-corrected chi connectivity index (χ1v) is 12.4. The van der Waals surface area contributed by atoms with Crippen molar-refractivity contribution < 1.29 is 0 Å². The van der Waals surface area contributed by atoms with Crippen molar-refractivity contribution in [2.24, 2.45) is 5.92 Å². The SMILES string of the molecule is [CH2]CCCCCCCCCC#CCCCCC(CC)CCCCCCC[CH2]. The summed E-state index contributed by atoms with van der Waals surface area (Å²) in [5.74, 6) is 7.76. The Morgan fingerprint density at radius 2 is 0.889 bits per heavy atom. The molecule has 158 valence electrons. The molecule has 0 spiro atoms. The van der Waals surface area contributed by atoms with E-state index >= 15 is 0 Å². The summed E-state index contributed by atoms with van der Waals surface area (Å²) in [6.45, 7) is 10.2. The molecule has 0 aromatic heterocycles. The summed E-state index contributed by atoms with van der Waals surface area (Å²) in [6, 6.07) is 0. The topological polar surface area (TPSA) is 0 Å². The van der Waals surface area contributed by atoms with Crippen LogP contribution < -0.4 is 0 Å². The zero-order valence-corrected chi connectivity index (χ0v) is 18.8. The molecule has 0 aromatic carbocycles. The van der Waals surface area contributed by atoms with E-state index in [1.807, 2.05) is 0 Å². The van der Waals surface area contributed by atoms with Gasteiger partial charge in [0.1, 0.15) is 0 Å². The van der Waals surface area contributed by atoms with Crippen molar-refractivity contribution >= 4 is 0 Å². The van der Waals surface area contributed by atoms with Crippen LogP contribution in [0.25, 0.3) is 0 Å². The second-order valence-electron chi connectivity index (χ2n) is 8.36. The third-order valence-corrected chi connectivity index (χ3v) is 5.78. The molecular formula is C27H50. The van der Waals surface area contributed by atoms with Gasteiger partial charge in [-0.15, -0.1) is 11.8 Å². The Labute approximate surface area is 173 Å². The van der Waals surface area contributed by atoms with E-state index in [-0.39, 0.29) is 0 Å². The van der Waals surface area contributed by atoms with Crippen molar-refractivity contribution in [1.82, 2.24) is 0 Å². The van der Waals surface area contributed by atoms with Crippen LogP contribution in [0, 0.1) is 31.6 Å². The molecule has 27 heavy (non-hydrogen) atoms. The zero-order valence-electron chi connectivity index (χ0n) is 18.8. The Morgan fingerprint density at radius 3 is 1.37 bits per heavy atom. The molecule has 0 heterocycles. The minimum absolute atomic E-state index is 0.958. The number of rotatable bonds is 20. The lowest BCUT2D eigenvalue weighted by Crippen LogP contribution is -1.99. The largest absolute Gasteiger partial charge is 0.103 e. The van der Waals surface area contributed by atoms with Gasteiger partial charge < -0.3 is 0 Å². The van der Waals surface area contributed by atoms with Crippen molar-refractivity contribution in [1.29, 1.82) is 0 Å². The normalized spacial score (nSPS) is 12.0. The maximum absolute atomic E-state index is 3.92. The Kier molecular flexibility index (Phi) is 23.2. The maximum Gasteiger partial charge on any atom is 0.00886 e. The summed E-state index contributed by atoms with van der Waals surface area (Å²) in [5.41, 5.74) is 0. The minimum atomic E-state index is 0.958. The summed E-state index contributed by atoms with van der Waals surface area (Å²) in [5, 5.41) is 0. The second-order valence-corrected chi connectivity index (χ2v) is 8.36. The Morgan fingerprint density at radius 1 is 0.519 bits per heavy atom. The fourth-order valence-corrected chi connectivity index (χ4v) is 3.79. The molecule has 0 rings (SSSR count). The van der Waals surface area contributed by atoms with Crippen molar-refractivity contribution in [2.45, 2.75) is 142 Å². The summed E-state index contributed by atoms with van der Waals surface area (Å²) < 4.78 is 0. The van der Waals surface area contributed by atoms with Gasteiger partial charge in [-0.25, -0.2) is 0 Å². The quantitative estimate of drug-likeness (QED) is 0.147. The van der Waals surface area contributed by atoms with Crippen LogP contribution in [0.3, 0.4) is 0 Å². The standard InChI is InChI=1S/C27H50/c1-4-7-9-11-13-14-15-16-17-18-19-20-22-24-26-27(6-3)25-23-21-12-10-8-5-2/h27H,1-2,4-17,20-26H2,3H3. The Balaban J connectivity index is 3.37. The summed E-state index contributed by atoms with van der Waals surface area (Å²) in [4.78, 5) is 0. The third-order valence-electron chi connectivity index (χ3n) is 5.78. The van der Waals surface area contributed by atoms with Crippen LogP contribution in [0.1, 0.15) is 142 Å². The molecule has 0 bridgehead atoms. The van der Waals surface area contributed by atoms with Crippen molar-refractivity contribution in [3.05, 3.63) is 13.8 Å². The van der Waals surface area contributed by atoms with Gasteiger partial charge in [-0.3, -0.25) is 0 Å². The van der Waals surface area contributed by atoms with Crippen LogP contribution >= 0.6 is 0 Å². The lowest BCUT2D eigenvalue weighted by atomic mass is 9.92. The van der Waals surface area contributed by atoms with Gasteiger partial charge >= 0.3 is 0 Å². The lowest BCUT2D eigenvalue weighted by Gasteiger charge is -2.14. The first kappa shape index (κ1) is 26.6. The lowest BCUT2D eigenvalue weighted by molar-refractivity contribution is 0.398. The molecular weight excluding hydrogens is 324 g/mol. The van der Waals surface area contributed by atoms with E-state index < -0.39 is 0 Å². The van der Waals surface area contributed by atoms with E-state index in [0.717, 1.165) is 31.6 Å². The predicted octanol–water partition coefficient (Wildman–Crippen LogP) is 9.49. The van der Waals surface area contributed by atoms with Crippen LogP contribution in [0.4, 0.5) is 0 Å². The van der Waals surface area contributed by atoms with Gasteiger partial charge in [0.05, 0.1) is 0 Å². The molecule has 1 atom stereocenters. The molecule has 0 aliphatic carbocycles. The van der Waals surface area contributed by atoms with E-state index in [0.29, 0.717) is 0 Å². The molecule has 0 N–H and O–H groups in total. The van der Waals surface area contributed by atoms with Gasteiger partial charge in [0.15, 0.2) is 0 Å². The molecule has 2 radical (unpaired) electrons. The average molecular weight is 375 g/mol. The first-order chi connectivity index (χ1) is 13.3. The van der Waals surface area contributed by atoms with E-state index in [4.69, 9.17) is 0 Å². The molecule has 0 saturated carbocycles. The van der Waals surface area contributed by atoms with E-state index in [1.165, 1.54) is 109 Å². The first-order valence-electron chi connectivity index (χ1n) is 12.4. The fourth-order valence-electron chi connectivity index (χ4n) is 3.79. The predicted molar refractivity (Wildman–Crippen MR) is 125 cm³/mol. The van der Waals surface area contributed by atoms with Crippen LogP contribution in [-0.2, 0) is 0 Å². The van der Waals surface area contributed by atoms with Gasteiger partial charge in [0.2, 0.25) is 0 Å². The van der Waals surface area contributed by atoms with Crippen molar-refractivity contribution in [3.63, 3.8) is 0 Å². The smallest absolute Gasteiger partial charge is 0.00886 e. The fraction of sp³-hybridized carbons (Fsp3) is 0.852. The van der Waals surface area contributed by atoms with Gasteiger partial charge in [0, 0.05) is 12.8 Å². The number of hydrogen-bond acceptors (Lipinski definition) is 0. The van der Waals surface area contributed by atoms with Crippen LogP contribution in [-0.4, -0.2) is 0 Å². The maximum atomic E-state index is 3.92. The highest BCUT2D eigenvalue weighted by molar-refractivity contribution is 4.98. The molecule has 1 unspecified atom stereocenters. The highest BCUT2D eigenvalue weighted by atomic mass is 14.1. The minimum Gasteiger partial charge on any atom is -0.103 e. The molecule has 0 amide bonds. The highest BCUT2D eigenvalue weighted by Gasteiger charge is 2.05. The molecule has 0 fully saturated rings. The van der Waals surface area contributed by atoms with E-state index in [9.17, 15) is 0 Å². The molecule has 0 aliphatic rings. The third kappa shape index (κ3) is 21.7. The zero-order chi connectivity index (χ0) is 19.8. The number of hydrogen-bond donors (Lipinski definition) is 0. The highest BCUT2D eigenvalue weighted by Crippen LogP contribution is 2.21. The van der Waals surface area contributed by atoms with Gasteiger partial charge in [-0.2, -0.15) is 0 Å². The van der Waals surface area contributed by atoms with E-state index in [2.05, 4.69) is 32.6 Å². The van der Waals surface area contributed by atoms with Gasteiger partial charge in [-0.1, -0.05) is 130 Å². The Bertz CT molecular complexity index is 319. The van der Waals surface area contributed by atoms with Gasteiger partial charge in [0.25, 0.3) is 0 Å². The average Bonchev–Trinajstić information content (AvgIpc) is 2.69. The second kappa shape index (κ2) is 23.6. The van der Waals surface area contributed by atoms with E-state index in [1.54, 1.807) is 0 Å². The monoisotopic (exact) mass is 374 g/mol. The summed E-state index contributed by atoms with van der Waals surface area (Å²) >= 11 is 0. The number of unbranched alkanes of at least 4 members (excludes halogenated alkanes) is 15. The molecule has 0 aromatic rings. The summed E-state index contributed by atoms with van der Waals surface area (Å²) in [6.07, 6.45) is 27.9. The van der Waals surface area contributed by atoms with Crippen LogP contribution in [0.2, 0.25) is 0 Å². The van der Waals surface area contributed by atoms with Crippen LogP contribution in [0.5, 0.6) is 0 Å². The molecule has 0 heteroatoms. The molecule has 0 aliphatic heterocycles. The summed E-state index contributed by atoms with van der Waals surface area (Å²) in [7, 11) is 0. The van der Waals surface area contributed by atoms with Crippen molar-refractivity contribution in [3.8, 4) is 11.8 Å². The molecule has 0 saturated heterocycles. The van der Waals surface area contributed by atoms with Gasteiger partial charge in [-0.05, 0) is 18.8 Å². The Hall–Kier alpha value is -0.440. The van der Waals surface area contributed by atoms with Crippen molar-refractivity contribution in [2.75, 3.05) is 0 Å². The van der Waals surface area contributed by atoms with Crippen LogP contribution in [0.15, 0.2) is 0 Å².